The fourth-order valence-electron chi connectivity index (χ4n) is 4.58. The number of ketones is 1. The number of carbonyl (C=O) groups excluding carboxylic acids is 1. The molecule has 0 saturated carbocycles. The molecule has 34 heavy (non-hydrogen) atoms. The lowest BCUT2D eigenvalue weighted by molar-refractivity contribution is -0.116. The summed E-state index contributed by atoms with van der Waals surface area (Å²) in [6, 6.07) is 5.86. The number of hydrogen-bond acceptors (Lipinski definition) is 6. The Labute approximate surface area is 194 Å². The van der Waals surface area contributed by atoms with Gasteiger partial charge in [-0.3, -0.25) is 4.79 Å². The number of Topliss-reactive ketones (excluding diaryl/α,β-unsaturated/α-hetero) is 1. The molecule has 4 heterocycles. The van der Waals surface area contributed by atoms with Crippen molar-refractivity contribution < 1.29 is 27.9 Å². The van der Waals surface area contributed by atoms with Crippen LogP contribution in [0.5, 0.6) is 0 Å². The summed E-state index contributed by atoms with van der Waals surface area (Å²) in [4.78, 5) is 34.4. The third-order valence-electron chi connectivity index (χ3n) is 6.06. The van der Waals surface area contributed by atoms with E-state index in [1.807, 2.05) is 0 Å². The number of aromatic amines is 2. The number of hydrogen-bond donors (Lipinski definition) is 4. The molecule has 1 unspecified atom stereocenters. The van der Waals surface area contributed by atoms with Crippen molar-refractivity contribution in [1.82, 2.24) is 15.0 Å². The van der Waals surface area contributed by atoms with E-state index in [1.54, 1.807) is 18.3 Å². The van der Waals surface area contributed by atoms with Crippen LogP contribution in [0.4, 0.5) is 14.5 Å². The summed E-state index contributed by atoms with van der Waals surface area (Å²) < 4.78 is 33.6. The molecule has 0 fully saturated rings. The molecule has 8 nitrogen and oxygen atoms in total. The van der Waals surface area contributed by atoms with E-state index in [4.69, 9.17) is 4.42 Å². The fourth-order valence-corrected chi connectivity index (χ4v) is 5.35. The number of imidazole rings is 1. The molecule has 1 aliphatic heterocycles. The molecule has 0 radical (unpaired) electrons. The summed E-state index contributed by atoms with van der Waals surface area (Å²) >= 11 is 1.09. The van der Waals surface area contributed by atoms with E-state index in [1.165, 1.54) is 6.07 Å². The van der Waals surface area contributed by atoms with Crippen molar-refractivity contribution in [2.24, 2.45) is 0 Å². The molecule has 172 valence electrons. The predicted molar refractivity (Wildman–Crippen MR) is 118 cm³/mol. The highest BCUT2D eigenvalue weighted by molar-refractivity contribution is 7.99. The van der Waals surface area contributed by atoms with Gasteiger partial charge in [0.2, 0.25) is 0 Å². The quantitative estimate of drug-likeness (QED) is 0.316. The zero-order valence-electron chi connectivity index (χ0n) is 17.4. The van der Waals surface area contributed by atoms with Gasteiger partial charge < -0.3 is 24.8 Å². The molecule has 4 aromatic rings. The number of aromatic carboxylic acids is 1. The number of halogens is 2. The lowest BCUT2D eigenvalue weighted by Gasteiger charge is -2.31. The SMILES string of the molecule is O=C1CCCC2=C1C(c1ccc(Sc3nc4c(F)c(F)ccc4[nH]3)o1)c1c[nH]c(C(=O)O)c1N2. The molecule has 0 spiro atoms. The first kappa shape index (κ1) is 20.7. The van der Waals surface area contributed by atoms with Crippen molar-refractivity contribution in [1.29, 1.82) is 0 Å². The van der Waals surface area contributed by atoms with Crippen LogP contribution in [0.2, 0.25) is 0 Å². The highest BCUT2D eigenvalue weighted by Gasteiger charge is 2.39. The Bertz CT molecular complexity index is 1530. The van der Waals surface area contributed by atoms with E-state index < -0.39 is 23.5 Å². The van der Waals surface area contributed by atoms with Crippen molar-refractivity contribution >= 4 is 40.2 Å². The number of fused-ring (bicyclic) bond motifs is 2. The van der Waals surface area contributed by atoms with Crippen LogP contribution < -0.4 is 5.32 Å². The van der Waals surface area contributed by atoms with Crippen LogP contribution in [0.25, 0.3) is 11.0 Å². The Morgan fingerprint density at radius 1 is 1.21 bits per heavy atom. The maximum atomic E-state index is 14.0. The van der Waals surface area contributed by atoms with Crippen LogP contribution in [0.1, 0.15) is 47.0 Å². The Kier molecular flexibility index (Phi) is 4.63. The van der Waals surface area contributed by atoms with E-state index in [-0.39, 0.29) is 17.0 Å². The van der Waals surface area contributed by atoms with Crippen molar-refractivity contribution in [3.63, 3.8) is 0 Å². The highest BCUT2D eigenvalue weighted by atomic mass is 32.2. The molecule has 1 aromatic carbocycles. The first-order valence-electron chi connectivity index (χ1n) is 10.5. The number of allylic oxidation sites excluding steroid dienone is 2. The van der Waals surface area contributed by atoms with Crippen LogP contribution in [-0.4, -0.2) is 31.8 Å². The molecule has 4 N–H and O–H groups in total. The Morgan fingerprint density at radius 2 is 2.06 bits per heavy atom. The number of nitrogens with zero attached hydrogens (tertiary/aromatic N) is 1. The topological polar surface area (TPSA) is 124 Å². The van der Waals surface area contributed by atoms with Gasteiger partial charge in [0.25, 0.3) is 0 Å². The van der Waals surface area contributed by atoms with E-state index >= 15 is 0 Å². The number of carboxylic acids is 1. The van der Waals surface area contributed by atoms with Crippen molar-refractivity contribution in [2.75, 3.05) is 5.32 Å². The average molecular weight is 482 g/mol. The molecular weight excluding hydrogens is 466 g/mol. The maximum Gasteiger partial charge on any atom is 0.354 e. The number of nitrogens with one attached hydrogen (secondary N) is 3. The van der Waals surface area contributed by atoms with Gasteiger partial charge in [0.05, 0.1) is 17.1 Å². The van der Waals surface area contributed by atoms with Gasteiger partial charge in [0.1, 0.15) is 17.0 Å². The van der Waals surface area contributed by atoms with Crippen LogP contribution in [-0.2, 0) is 4.79 Å². The van der Waals surface area contributed by atoms with E-state index in [0.717, 1.165) is 17.8 Å². The normalized spacial score (nSPS) is 17.6. The molecule has 0 bridgehead atoms. The summed E-state index contributed by atoms with van der Waals surface area (Å²) in [5, 5.41) is 13.4. The Morgan fingerprint density at radius 3 is 2.88 bits per heavy atom. The largest absolute Gasteiger partial charge is 0.477 e. The van der Waals surface area contributed by atoms with E-state index in [0.29, 0.717) is 63.3 Å². The van der Waals surface area contributed by atoms with E-state index in [9.17, 15) is 23.5 Å². The Hall–Kier alpha value is -3.86. The number of anilines is 1. The average Bonchev–Trinajstić information content (AvgIpc) is 3.54. The van der Waals surface area contributed by atoms with Gasteiger partial charge in [-0.05, 0) is 48.9 Å². The van der Waals surface area contributed by atoms with Crippen LogP contribution in [0, 0.1) is 11.6 Å². The molecule has 3 aromatic heterocycles. The number of benzene rings is 1. The molecular formula is C23H16F2N4O4S. The zero-order chi connectivity index (χ0) is 23.6. The molecule has 0 saturated heterocycles. The van der Waals surface area contributed by atoms with Crippen LogP contribution in [0.3, 0.4) is 0 Å². The summed E-state index contributed by atoms with van der Waals surface area (Å²) in [6.45, 7) is 0. The third-order valence-corrected chi connectivity index (χ3v) is 6.87. The van der Waals surface area contributed by atoms with Crippen LogP contribution >= 0.6 is 11.8 Å². The first-order valence-corrected chi connectivity index (χ1v) is 11.3. The monoisotopic (exact) mass is 482 g/mol. The molecule has 0 amide bonds. The van der Waals surface area contributed by atoms with E-state index in [2.05, 4.69) is 20.3 Å². The summed E-state index contributed by atoms with van der Waals surface area (Å²) in [6.07, 6.45) is 3.30. The molecule has 6 rings (SSSR count). The summed E-state index contributed by atoms with van der Waals surface area (Å²) in [7, 11) is 0. The van der Waals surface area contributed by atoms with Gasteiger partial charge in [-0.2, -0.15) is 0 Å². The first-order chi connectivity index (χ1) is 16.4. The number of aromatic nitrogens is 3. The molecule has 1 atom stereocenters. The molecule has 1 aliphatic carbocycles. The maximum absolute atomic E-state index is 14.0. The molecule has 2 aliphatic rings. The standard InChI is InChI=1S/C23H16F2N4O4S/c24-10-4-5-12-20(18(10)25)29-23(28-12)34-15-7-6-14(33-15)16-9-8-26-21(22(31)32)19(9)27-11-2-1-3-13(30)17(11)16/h4-8,16,26-27H,1-3H2,(H,28,29)(H,31,32). The van der Waals surface area contributed by atoms with Gasteiger partial charge in [-0.1, -0.05) is 0 Å². The predicted octanol–water partition coefficient (Wildman–Crippen LogP) is 5.18. The Balaban J connectivity index is 1.39. The number of furan rings is 1. The second-order valence-electron chi connectivity index (χ2n) is 8.08. The van der Waals surface area contributed by atoms with Gasteiger partial charge in [0.15, 0.2) is 27.7 Å². The van der Waals surface area contributed by atoms with Gasteiger partial charge in [-0.25, -0.2) is 18.6 Å². The highest BCUT2D eigenvalue weighted by Crippen LogP contribution is 2.47. The zero-order valence-corrected chi connectivity index (χ0v) is 18.2. The summed E-state index contributed by atoms with van der Waals surface area (Å²) in [5.41, 5.74) is 2.57. The number of carboxylic acid groups (broad SMARTS) is 1. The second kappa shape index (κ2) is 7.59. The number of H-pyrrole nitrogens is 2. The third kappa shape index (κ3) is 3.15. The molecule has 11 heteroatoms. The van der Waals surface area contributed by atoms with Crippen molar-refractivity contribution in [3.8, 4) is 0 Å². The minimum atomic E-state index is -1.11. The minimum Gasteiger partial charge on any atom is -0.477 e. The second-order valence-corrected chi connectivity index (χ2v) is 9.08. The van der Waals surface area contributed by atoms with Gasteiger partial charge in [0, 0.05) is 29.5 Å². The minimum absolute atomic E-state index is 0.0112. The lowest BCUT2D eigenvalue weighted by atomic mass is 9.78. The number of rotatable bonds is 4. The van der Waals surface area contributed by atoms with Gasteiger partial charge in [-0.15, -0.1) is 0 Å². The number of carbonyl (C=O) groups is 2. The lowest BCUT2D eigenvalue weighted by Crippen LogP contribution is -2.26. The summed E-state index contributed by atoms with van der Waals surface area (Å²) in [5.74, 6) is -3.23. The smallest absolute Gasteiger partial charge is 0.354 e. The van der Waals surface area contributed by atoms with Crippen molar-refractivity contribution in [3.05, 3.63) is 70.4 Å². The van der Waals surface area contributed by atoms with Crippen molar-refractivity contribution in [2.45, 2.75) is 35.4 Å². The van der Waals surface area contributed by atoms with Crippen LogP contribution in [0.15, 0.2) is 56.4 Å². The van der Waals surface area contributed by atoms with Gasteiger partial charge >= 0.3 is 5.97 Å². The fraction of sp³-hybridized carbons (Fsp3) is 0.174.